The third-order valence-corrected chi connectivity index (χ3v) is 4.18. The fourth-order valence-corrected chi connectivity index (χ4v) is 2.99. The largest absolute Gasteiger partial charge is 0.309 e. The Bertz CT molecular complexity index is 572. The molecule has 4 nitrogen and oxygen atoms in total. The van der Waals surface area contributed by atoms with Crippen LogP contribution in [-0.2, 0) is 13.5 Å². The molecule has 0 saturated carbocycles. The van der Waals surface area contributed by atoms with Gasteiger partial charge in [0.1, 0.15) is 0 Å². The molecule has 0 fully saturated rings. The molecule has 1 unspecified atom stereocenters. The first kappa shape index (κ1) is 15.2. The maximum atomic E-state index is 4.08. The maximum absolute atomic E-state index is 4.08. The third kappa shape index (κ3) is 3.27. The van der Waals surface area contributed by atoms with Crippen LogP contribution in [0.1, 0.15) is 35.3 Å². The lowest BCUT2D eigenvalue weighted by molar-refractivity contribution is 0.504. The fraction of sp³-hybridized carbons (Fsp3) is 0.467. The highest BCUT2D eigenvalue weighted by molar-refractivity contribution is 9.10. The van der Waals surface area contributed by atoms with Crippen LogP contribution in [0.3, 0.4) is 0 Å². The van der Waals surface area contributed by atoms with E-state index in [4.69, 9.17) is 0 Å². The van der Waals surface area contributed by atoms with Crippen LogP contribution >= 0.6 is 15.9 Å². The van der Waals surface area contributed by atoms with Crippen molar-refractivity contribution in [2.45, 2.75) is 33.2 Å². The molecule has 108 valence electrons. The molecule has 1 heterocycles. The Morgan fingerprint density at radius 1 is 1.30 bits per heavy atom. The Morgan fingerprint density at radius 3 is 2.60 bits per heavy atom. The number of nitrogens with one attached hydrogen (secondary N) is 1. The minimum Gasteiger partial charge on any atom is -0.309 e. The van der Waals surface area contributed by atoms with Crippen LogP contribution in [0, 0.1) is 13.8 Å². The number of aryl methyl sites for hydroxylation is 3. The number of benzene rings is 1. The molecule has 0 aliphatic rings. The van der Waals surface area contributed by atoms with E-state index >= 15 is 0 Å². The van der Waals surface area contributed by atoms with Crippen molar-refractivity contribution in [2.75, 3.05) is 6.54 Å². The highest BCUT2D eigenvalue weighted by Crippen LogP contribution is 2.24. The van der Waals surface area contributed by atoms with E-state index in [1.807, 2.05) is 11.7 Å². The van der Waals surface area contributed by atoms with E-state index in [0.717, 1.165) is 23.3 Å². The number of aromatic nitrogens is 3. The number of hydrogen-bond donors (Lipinski definition) is 1. The smallest absolute Gasteiger partial charge is 0.153 e. The number of hydrogen-bond acceptors (Lipinski definition) is 3. The van der Waals surface area contributed by atoms with Crippen molar-refractivity contribution in [3.8, 4) is 0 Å². The summed E-state index contributed by atoms with van der Waals surface area (Å²) >= 11 is 3.49. The van der Waals surface area contributed by atoms with Crippen molar-refractivity contribution >= 4 is 15.9 Å². The first-order chi connectivity index (χ1) is 9.52. The van der Waals surface area contributed by atoms with Crippen LogP contribution in [0.5, 0.6) is 0 Å². The molecule has 2 rings (SSSR count). The Balaban J connectivity index is 2.28. The fourth-order valence-electron chi connectivity index (χ4n) is 2.39. The molecule has 0 aliphatic heterocycles. The highest BCUT2D eigenvalue weighted by atomic mass is 79.9. The summed E-state index contributed by atoms with van der Waals surface area (Å²) in [5, 5.41) is 11.7. The monoisotopic (exact) mass is 336 g/mol. The van der Waals surface area contributed by atoms with Crippen LogP contribution in [0.15, 0.2) is 22.8 Å². The Kier molecular flexibility index (Phi) is 4.94. The lowest BCUT2D eigenvalue weighted by Gasteiger charge is -2.19. The average Bonchev–Trinajstić information content (AvgIpc) is 2.73. The quantitative estimate of drug-likeness (QED) is 0.912. The summed E-state index contributed by atoms with van der Waals surface area (Å²) in [6, 6.07) is 6.85. The molecule has 0 amide bonds. The lowest BCUT2D eigenvalue weighted by Crippen LogP contribution is -2.25. The van der Waals surface area contributed by atoms with Gasteiger partial charge in [-0.3, -0.25) is 0 Å². The second-order valence-electron chi connectivity index (χ2n) is 5.12. The summed E-state index contributed by atoms with van der Waals surface area (Å²) in [5.41, 5.74) is 5.08. The number of likely N-dealkylation sites (N-methyl/N-ethyl adjacent to an activating group) is 1. The van der Waals surface area contributed by atoms with E-state index in [1.54, 1.807) is 0 Å². The van der Waals surface area contributed by atoms with Gasteiger partial charge in [-0.2, -0.15) is 0 Å². The Labute approximate surface area is 128 Å². The molecule has 20 heavy (non-hydrogen) atoms. The molecular weight excluding hydrogens is 316 g/mol. The van der Waals surface area contributed by atoms with Gasteiger partial charge >= 0.3 is 0 Å². The molecule has 0 spiro atoms. The van der Waals surface area contributed by atoms with E-state index in [1.165, 1.54) is 16.7 Å². The van der Waals surface area contributed by atoms with Gasteiger partial charge in [0, 0.05) is 7.05 Å². The second-order valence-corrected chi connectivity index (χ2v) is 5.87. The van der Waals surface area contributed by atoms with Crippen molar-refractivity contribution in [1.29, 1.82) is 0 Å². The zero-order valence-electron chi connectivity index (χ0n) is 12.4. The SMILES string of the molecule is CCNC(Cc1ccc(C)c(C)c1)c1c(Br)nnn1C. The number of nitrogens with zero attached hydrogens (tertiary/aromatic N) is 3. The van der Waals surface area contributed by atoms with Crippen LogP contribution < -0.4 is 5.32 Å². The van der Waals surface area contributed by atoms with Gasteiger partial charge in [-0.15, -0.1) is 5.10 Å². The third-order valence-electron chi connectivity index (χ3n) is 3.62. The summed E-state index contributed by atoms with van der Waals surface area (Å²) in [4.78, 5) is 0. The minimum absolute atomic E-state index is 0.205. The predicted molar refractivity (Wildman–Crippen MR) is 84.7 cm³/mol. The van der Waals surface area contributed by atoms with Crippen molar-refractivity contribution in [1.82, 2.24) is 20.3 Å². The van der Waals surface area contributed by atoms with E-state index in [9.17, 15) is 0 Å². The summed E-state index contributed by atoms with van der Waals surface area (Å²) in [6.07, 6.45) is 0.925. The summed E-state index contributed by atoms with van der Waals surface area (Å²) in [5.74, 6) is 0. The van der Waals surface area contributed by atoms with Gasteiger partial charge in [0.15, 0.2) is 4.60 Å². The first-order valence-electron chi connectivity index (χ1n) is 6.87. The van der Waals surface area contributed by atoms with Crippen LogP contribution in [0.25, 0.3) is 0 Å². The van der Waals surface area contributed by atoms with E-state index in [-0.39, 0.29) is 6.04 Å². The summed E-state index contributed by atoms with van der Waals surface area (Å²) < 4.78 is 2.65. The topological polar surface area (TPSA) is 42.7 Å². The van der Waals surface area contributed by atoms with Crippen molar-refractivity contribution < 1.29 is 0 Å². The molecule has 2 aromatic rings. The molecule has 0 aliphatic carbocycles. The number of rotatable bonds is 5. The molecule has 0 bridgehead atoms. The predicted octanol–water partition coefficient (Wildman–Crippen LogP) is 3.09. The van der Waals surface area contributed by atoms with Crippen LogP contribution in [0.2, 0.25) is 0 Å². The van der Waals surface area contributed by atoms with Gasteiger partial charge in [-0.25, -0.2) is 4.68 Å². The molecule has 0 radical (unpaired) electrons. The summed E-state index contributed by atoms with van der Waals surface area (Å²) in [6.45, 7) is 7.32. The van der Waals surface area contributed by atoms with Gasteiger partial charge in [0.2, 0.25) is 0 Å². The van der Waals surface area contributed by atoms with Crippen molar-refractivity contribution in [3.05, 3.63) is 45.2 Å². The molecule has 1 N–H and O–H groups in total. The standard InChI is InChI=1S/C15H21BrN4/c1-5-17-13(14-15(16)18-19-20(14)4)9-12-7-6-10(2)11(3)8-12/h6-8,13,17H,5,9H2,1-4H3. The Morgan fingerprint density at radius 2 is 2.05 bits per heavy atom. The minimum atomic E-state index is 0.205. The van der Waals surface area contributed by atoms with E-state index in [2.05, 4.69) is 70.5 Å². The van der Waals surface area contributed by atoms with Gasteiger partial charge in [-0.05, 0) is 59.4 Å². The van der Waals surface area contributed by atoms with Crippen molar-refractivity contribution in [3.63, 3.8) is 0 Å². The lowest BCUT2D eigenvalue weighted by atomic mass is 9.99. The first-order valence-corrected chi connectivity index (χ1v) is 7.66. The van der Waals surface area contributed by atoms with E-state index in [0.29, 0.717) is 0 Å². The maximum Gasteiger partial charge on any atom is 0.153 e. The molecule has 1 aromatic heterocycles. The molecule has 1 atom stereocenters. The molecule has 0 saturated heterocycles. The zero-order valence-corrected chi connectivity index (χ0v) is 14.0. The van der Waals surface area contributed by atoms with Crippen LogP contribution in [0.4, 0.5) is 0 Å². The van der Waals surface area contributed by atoms with Gasteiger partial charge in [0.25, 0.3) is 0 Å². The second kappa shape index (κ2) is 6.50. The van der Waals surface area contributed by atoms with Gasteiger partial charge in [-0.1, -0.05) is 30.3 Å². The molecule has 1 aromatic carbocycles. The normalized spacial score (nSPS) is 12.7. The highest BCUT2D eigenvalue weighted by Gasteiger charge is 2.19. The van der Waals surface area contributed by atoms with Gasteiger partial charge < -0.3 is 5.32 Å². The molecule has 5 heteroatoms. The average molecular weight is 337 g/mol. The summed E-state index contributed by atoms with van der Waals surface area (Å²) in [7, 11) is 1.93. The van der Waals surface area contributed by atoms with Gasteiger partial charge in [0.05, 0.1) is 11.7 Å². The zero-order chi connectivity index (χ0) is 14.7. The van der Waals surface area contributed by atoms with E-state index < -0.39 is 0 Å². The number of halogens is 1. The molecular formula is C15H21BrN4. The van der Waals surface area contributed by atoms with Crippen LogP contribution in [-0.4, -0.2) is 21.5 Å². The van der Waals surface area contributed by atoms with Crippen molar-refractivity contribution in [2.24, 2.45) is 7.05 Å². The Hall–Kier alpha value is -1.20.